The lowest BCUT2D eigenvalue weighted by atomic mass is 9.87. The van der Waals surface area contributed by atoms with Crippen molar-refractivity contribution in [2.24, 2.45) is 5.92 Å². The molecule has 0 radical (unpaired) electrons. The molecule has 2 rings (SSSR count). The number of phenols is 1. The van der Waals surface area contributed by atoms with Gasteiger partial charge < -0.3 is 10.0 Å². The minimum absolute atomic E-state index is 0. The number of aromatic hydroxyl groups is 1. The highest BCUT2D eigenvalue weighted by molar-refractivity contribution is 7.99. The highest BCUT2D eigenvalue weighted by atomic mass is 35.5. The van der Waals surface area contributed by atoms with Crippen LogP contribution in [0.15, 0.2) is 18.2 Å². The summed E-state index contributed by atoms with van der Waals surface area (Å²) < 4.78 is 0. The van der Waals surface area contributed by atoms with E-state index in [-0.39, 0.29) is 12.4 Å². The Labute approximate surface area is 133 Å². The van der Waals surface area contributed by atoms with Gasteiger partial charge >= 0.3 is 0 Å². The van der Waals surface area contributed by atoms with Gasteiger partial charge in [0.2, 0.25) is 0 Å². The first-order valence-corrected chi connectivity index (χ1v) is 8.11. The van der Waals surface area contributed by atoms with Crippen LogP contribution >= 0.6 is 24.2 Å². The lowest BCUT2D eigenvalue weighted by Gasteiger charge is -2.37. The van der Waals surface area contributed by atoms with Crippen molar-refractivity contribution in [1.29, 1.82) is 0 Å². The monoisotopic (exact) mass is 315 g/mol. The van der Waals surface area contributed by atoms with Crippen LogP contribution in [0.3, 0.4) is 0 Å². The maximum atomic E-state index is 9.64. The number of hydrogen-bond donors (Lipinski definition) is 1. The van der Waals surface area contributed by atoms with Crippen LogP contribution in [0, 0.1) is 5.92 Å². The normalized spacial score (nSPS) is 21.7. The summed E-state index contributed by atoms with van der Waals surface area (Å²) in [4.78, 5) is 2.34. The summed E-state index contributed by atoms with van der Waals surface area (Å²) in [5.74, 6) is 2.36. The van der Waals surface area contributed by atoms with Crippen LogP contribution in [0.25, 0.3) is 0 Å². The SMILES string of the molecule is CC(C)CSC1Cc2ccc(O)cc2CC1N(C)C.Cl. The highest BCUT2D eigenvalue weighted by Crippen LogP contribution is 2.33. The second kappa shape index (κ2) is 7.58. The molecule has 0 saturated heterocycles. The molecule has 114 valence electrons. The molecule has 2 atom stereocenters. The van der Waals surface area contributed by atoms with E-state index in [9.17, 15) is 5.11 Å². The van der Waals surface area contributed by atoms with E-state index >= 15 is 0 Å². The molecule has 0 aliphatic heterocycles. The Morgan fingerprint density at radius 1 is 1.25 bits per heavy atom. The minimum atomic E-state index is 0. The Morgan fingerprint density at radius 2 is 1.95 bits per heavy atom. The second-order valence-electron chi connectivity index (χ2n) is 6.16. The fourth-order valence-corrected chi connectivity index (χ4v) is 4.20. The molecule has 1 aromatic carbocycles. The zero-order valence-corrected chi connectivity index (χ0v) is 14.4. The third-order valence-electron chi connectivity index (χ3n) is 3.78. The smallest absolute Gasteiger partial charge is 0.115 e. The van der Waals surface area contributed by atoms with Crippen LogP contribution in [0.4, 0.5) is 0 Å². The van der Waals surface area contributed by atoms with E-state index in [0.717, 1.165) is 18.8 Å². The Bertz CT molecular complexity index is 436. The van der Waals surface area contributed by atoms with Crippen molar-refractivity contribution in [2.45, 2.75) is 38.0 Å². The number of fused-ring (bicyclic) bond motifs is 1. The van der Waals surface area contributed by atoms with Gasteiger partial charge in [-0.05, 0) is 61.9 Å². The third kappa shape index (κ3) is 4.31. The fourth-order valence-electron chi connectivity index (χ4n) is 2.71. The predicted molar refractivity (Wildman–Crippen MR) is 91.3 cm³/mol. The Kier molecular flexibility index (Phi) is 6.70. The van der Waals surface area contributed by atoms with Crippen molar-refractivity contribution >= 4 is 24.2 Å². The summed E-state index contributed by atoms with van der Waals surface area (Å²) >= 11 is 2.11. The lowest BCUT2D eigenvalue weighted by molar-refractivity contribution is 0.274. The molecule has 0 heterocycles. The Morgan fingerprint density at radius 3 is 2.55 bits per heavy atom. The molecule has 0 saturated carbocycles. The molecular formula is C16H26ClNOS. The molecule has 4 heteroatoms. The summed E-state index contributed by atoms with van der Waals surface area (Å²) in [6.45, 7) is 4.57. The molecule has 20 heavy (non-hydrogen) atoms. The van der Waals surface area contributed by atoms with E-state index in [2.05, 4.69) is 50.7 Å². The van der Waals surface area contributed by atoms with Gasteiger partial charge in [-0.3, -0.25) is 0 Å². The van der Waals surface area contributed by atoms with Gasteiger partial charge in [0, 0.05) is 11.3 Å². The summed E-state index contributed by atoms with van der Waals surface area (Å²) in [5, 5.41) is 10.3. The summed E-state index contributed by atoms with van der Waals surface area (Å²) in [5.41, 5.74) is 2.73. The zero-order chi connectivity index (χ0) is 14.0. The molecule has 0 fully saturated rings. The largest absolute Gasteiger partial charge is 0.508 e. The summed E-state index contributed by atoms with van der Waals surface area (Å²) in [7, 11) is 4.34. The van der Waals surface area contributed by atoms with E-state index in [0.29, 0.717) is 17.0 Å². The average molecular weight is 316 g/mol. The number of thioether (sulfide) groups is 1. The molecule has 1 N–H and O–H groups in total. The number of halogens is 1. The number of benzene rings is 1. The molecule has 0 bridgehead atoms. The van der Waals surface area contributed by atoms with Crippen LogP contribution in [-0.4, -0.2) is 41.1 Å². The van der Waals surface area contributed by atoms with Gasteiger partial charge in [-0.1, -0.05) is 19.9 Å². The standard InChI is InChI=1S/C16H25NOS.ClH/c1-11(2)10-19-16-9-12-5-6-14(18)7-13(12)8-15(16)17(3)4;/h5-7,11,15-16,18H,8-10H2,1-4H3;1H. The number of phenolic OH excluding ortho intramolecular Hbond substituents is 1. The van der Waals surface area contributed by atoms with Gasteiger partial charge in [0.05, 0.1) is 0 Å². The number of nitrogens with zero attached hydrogens (tertiary/aromatic N) is 1. The van der Waals surface area contributed by atoms with Crippen molar-refractivity contribution in [3.63, 3.8) is 0 Å². The van der Waals surface area contributed by atoms with Crippen molar-refractivity contribution < 1.29 is 5.11 Å². The van der Waals surface area contributed by atoms with E-state index in [1.807, 2.05) is 12.1 Å². The summed E-state index contributed by atoms with van der Waals surface area (Å²) in [6, 6.07) is 6.42. The average Bonchev–Trinajstić information content (AvgIpc) is 2.35. The molecule has 0 aromatic heterocycles. The molecule has 1 aliphatic rings. The van der Waals surface area contributed by atoms with Crippen LogP contribution in [0.1, 0.15) is 25.0 Å². The first-order chi connectivity index (χ1) is 8.97. The van der Waals surface area contributed by atoms with Gasteiger partial charge in [0.15, 0.2) is 0 Å². The number of rotatable bonds is 4. The van der Waals surface area contributed by atoms with Gasteiger partial charge in [0.25, 0.3) is 0 Å². The molecule has 2 nitrogen and oxygen atoms in total. The molecule has 0 amide bonds. The van der Waals surface area contributed by atoms with Gasteiger partial charge in [-0.15, -0.1) is 12.4 Å². The first kappa shape index (κ1) is 17.7. The molecular weight excluding hydrogens is 290 g/mol. The zero-order valence-electron chi connectivity index (χ0n) is 12.8. The molecule has 1 aromatic rings. The minimum Gasteiger partial charge on any atom is -0.508 e. The van der Waals surface area contributed by atoms with Crippen LogP contribution < -0.4 is 0 Å². The highest BCUT2D eigenvalue weighted by Gasteiger charge is 2.30. The Hall–Kier alpha value is -0.380. The van der Waals surface area contributed by atoms with Crippen molar-refractivity contribution in [3.05, 3.63) is 29.3 Å². The first-order valence-electron chi connectivity index (χ1n) is 7.06. The van der Waals surface area contributed by atoms with Crippen LogP contribution in [0.5, 0.6) is 5.75 Å². The molecule has 1 aliphatic carbocycles. The van der Waals surface area contributed by atoms with E-state index in [1.54, 1.807) is 0 Å². The van der Waals surface area contributed by atoms with Crippen LogP contribution in [0.2, 0.25) is 0 Å². The Balaban J connectivity index is 0.00000200. The van der Waals surface area contributed by atoms with Gasteiger partial charge in [-0.25, -0.2) is 0 Å². The van der Waals surface area contributed by atoms with E-state index < -0.39 is 0 Å². The van der Waals surface area contributed by atoms with Gasteiger partial charge in [-0.2, -0.15) is 11.8 Å². The van der Waals surface area contributed by atoms with Gasteiger partial charge in [0.1, 0.15) is 5.75 Å². The maximum absolute atomic E-state index is 9.64. The number of hydrogen-bond acceptors (Lipinski definition) is 3. The maximum Gasteiger partial charge on any atom is 0.115 e. The molecule has 2 unspecified atom stereocenters. The lowest BCUT2D eigenvalue weighted by Crippen LogP contribution is -2.43. The van der Waals surface area contributed by atoms with Crippen molar-refractivity contribution in [1.82, 2.24) is 4.90 Å². The van der Waals surface area contributed by atoms with Crippen molar-refractivity contribution in [2.75, 3.05) is 19.8 Å². The third-order valence-corrected chi connectivity index (χ3v) is 5.54. The summed E-state index contributed by atoms with van der Waals surface area (Å²) in [6.07, 6.45) is 2.17. The van der Waals surface area contributed by atoms with E-state index in [1.165, 1.54) is 16.9 Å². The number of likely N-dealkylation sites (N-methyl/N-ethyl adjacent to an activating group) is 1. The van der Waals surface area contributed by atoms with Crippen LogP contribution in [-0.2, 0) is 12.8 Å². The topological polar surface area (TPSA) is 23.5 Å². The second-order valence-corrected chi connectivity index (χ2v) is 7.43. The fraction of sp³-hybridized carbons (Fsp3) is 0.625. The van der Waals surface area contributed by atoms with Crippen molar-refractivity contribution in [3.8, 4) is 5.75 Å². The quantitative estimate of drug-likeness (QED) is 0.918. The predicted octanol–water partition coefficient (Wildman–Crippen LogP) is 3.60. The molecule has 0 spiro atoms. The van der Waals surface area contributed by atoms with E-state index in [4.69, 9.17) is 0 Å².